The SMILES string of the molecule is O=[N+]([O-])c1ccc(-[n+]2nc(-c3ccccc3S(=O)(=O)O)nn2-c2ccccc2)c([N+](=O)[O-])c1. The molecule has 13 nitrogen and oxygen atoms in total. The molecule has 0 fully saturated rings. The van der Waals surface area contributed by atoms with E-state index in [1.165, 1.54) is 23.0 Å². The lowest BCUT2D eigenvalue weighted by Gasteiger charge is -2.01. The van der Waals surface area contributed by atoms with Gasteiger partial charge < -0.3 is 0 Å². The van der Waals surface area contributed by atoms with E-state index < -0.39 is 36.2 Å². The molecular weight excluding hydrogens is 456 g/mol. The first-order valence-electron chi connectivity index (χ1n) is 9.12. The van der Waals surface area contributed by atoms with Crippen molar-refractivity contribution >= 4 is 21.5 Å². The van der Waals surface area contributed by atoms with Gasteiger partial charge in [-0.1, -0.05) is 30.3 Å². The molecule has 0 aliphatic rings. The number of para-hydroxylation sites is 1. The molecule has 0 aliphatic heterocycles. The highest BCUT2D eigenvalue weighted by Crippen LogP contribution is 2.27. The summed E-state index contributed by atoms with van der Waals surface area (Å²) in [6.45, 7) is 0. The van der Waals surface area contributed by atoms with Gasteiger partial charge in [-0.25, -0.2) is 0 Å². The fraction of sp³-hybridized carbons (Fsp3) is 0. The summed E-state index contributed by atoms with van der Waals surface area (Å²) in [7, 11) is -4.63. The van der Waals surface area contributed by atoms with Crippen LogP contribution in [0.2, 0.25) is 0 Å². The van der Waals surface area contributed by atoms with Crippen molar-refractivity contribution in [2.45, 2.75) is 4.90 Å². The zero-order chi connectivity index (χ0) is 23.8. The molecule has 0 saturated heterocycles. The fourth-order valence-corrected chi connectivity index (χ4v) is 3.78. The average Bonchev–Trinajstić information content (AvgIpc) is 3.24. The van der Waals surface area contributed by atoms with Crippen molar-refractivity contribution in [2.24, 2.45) is 0 Å². The highest BCUT2D eigenvalue weighted by Gasteiger charge is 2.33. The van der Waals surface area contributed by atoms with E-state index in [1.54, 1.807) is 30.3 Å². The Morgan fingerprint density at radius 3 is 2.21 bits per heavy atom. The first-order valence-corrected chi connectivity index (χ1v) is 10.6. The van der Waals surface area contributed by atoms with Crippen LogP contribution in [0.1, 0.15) is 0 Å². The summed E-state index contributed by atoms with van der Waals surface area (Å²) in [5.74, 6) is -0.167. The van der Waals surface area contributed by atoms with Crippen molar-refractivity contribution in [2.75, 3.05) is 0 Å². The van der Waals surface area contributed by atoms with Crippen LogP contribution in [0, 0.1) is 20.2 Å². The summed E-state index contributed by atoms with van der Waals surface area (Å²) < 4.78 is 33.3. The van der Waals surface area contributed by atoms with Gasteiger partial charge >= 0.3 is 11.5 Å². The lowest BCUT2D eigenvalue weighted by Crippen LogP contribution is -2.43. The number of nitrogens with zero attached hydrogens (tertiary/aromatic N) is 6. The van der Waals surface area contributed by atoms with E-state index in [1.807, 2.05) is 0 Å². The molecule has 1 heterocycles. The molecule has 166 valence electrons. The van der Waals surface area contributed by atoms with Crippen LogP contribution in [-0.2, 0) is 10.1 Å². The summed E-state index contributed by atoms with van der Waals surface area (Å²) in [6, 6.07) is 16.8. The Balaban J connectivity index is 2.03. The predicted octanol–water partition coefficient (Wildman–Crippen LogP) is 2.27. The monoisotopic (exact) mass is 469 g/mol. The molecule has 0 saturated carbocycles. The third-order valence-corrected chi connectivity index (χ3v) is 5.45. The molecule has 4 aromatic rings. The lowest BCUT2D eigenvalue weighted by atomic mass is 10.2. The zero-order valence-corrected chi connectivity index (χ0v) is 17.2. The van der Waals surface area contributed by atoms with E-state index in [0.29, 0.717) is 5.69 Å². The van der Waals surface area contributed by atoms with Gasteiger partial charge in [0.05, 0.1) is 26.6 Å². The summed E-state index contributed by atoms with van der Waals surface area (Å²) >= 11 is 0. The maximum absolute atomic E-state index is 11.8. The third kappa shape index (κ3) is 4.15. The number of tetrazole rings is 1. The number of non-ortho nitro benzene ring substituents is 1. The van der Waals surface area contributed by atoms with Crippen molar-refractivity contribution < 1.29 is 27.6 Å². The van der Waals surface area contributed by atoms with Gasteiger partial charge in [0.1, 0.15) is 10.6 Å². The van der Waals surface area contributed by atoms with Crippen LogP contribution >= 0.6 is 0 Å². The normalized spacial score (nSPS) is 11.3. The number of benzene rings is 3. The van der Waals surface area contributed by atoms with Crippen molar-refractivity contribution in [1.82, 2.24) is 15.0 Å². The lowest BCUT2D eigenvalue weighted by molar-refractivity contribution is -0.736. The Morgan fingerprint density at radius 2 is 1.58 bits per heavy atom. The van der Waals surface area contributed by atoms with Gasteiger partial charge in [0.2, 0.25) is 0 Å². The standard InChI is InChI=1S/C19H12N6O7S/c26-24(27)14-10-11-16(17(12-14)25(28)29)23-21-19(20-22(23)13-6-2-1-3-7-13)15-8-4-5-9-18(15)33(30,31)32/h1-12H/p+1. The number of rotatable bonds is 6. The van der Waals surface area contributed by atoms with Crippen molar-refractivity contribution in [3.63, 3.8) is 0 Å². The number of aromatic nitrogens is 4. The van der Waals surface area contributed by atoms with Crippen LogP contribution in [-0.4, -0.2) is 37.8 Å². The van der Waals surface area contributed by atoms with Crippen molar-refractivity contribution in [3.05, 3.63) is 93.0 Å². The van der Waals surface area contributed by atoms with E-state index >= 15 is 0 Å². The van der Waals surface area contributed by atoms with Crippen molar-refractivity contribution in [1.29, 1.82) is 0 Å². The van der Waals surface area contributed by atoms with Gasteiger partial charge in [-0.2, -0.15) is 8.42 Å². The van der Waals surface area contributed by atoms with E-state index in [0.717, 1.165) is 29.1 Å². The second-order valence-electron chi connectivity index (χ2n) is 6.60. The molecule has 1 aromatic heterocycles. The molecule has 4 rings (SSSR count). The first kappa shape index (κ1) is 21.7. The summed E-state index contributed by atoms with van der Waals surface area (Å²) in [5.41, 5.74) is -0.902. The maximum atomic E-state index is 11.8. The topological polar surface area (TPSA) is 175 Å². The van der Waals surface area contributed by atoms with Crippen LogP contribution in [0.4, 0.5) is 11.4 Å². The average molecular weight is 469 g/mol. The number of hydrogen-bond acceptors (Lipinski definition) is 8. The summed E-state index contributed by atoms with van der Waals surface area (Å²) in [4.78, 5) is 22.9. The third-order valence-electron chi connectivity index (χ3n) is 4.53. The van der Waals surface area contributed by atoms with Gasteiger partial charge in [0, 0.05) is 16.9 Å². The van der Waals surface area contributed by atoms with E-state index in [9.17, 15) is 33.2 Å². The van der Waals surface area contributed by atoms with Gasteiger partial charge in [0.25, 0.3) is 21.5 Å². The highest BCUT2D eigenvalue weighted by molar-refractivity contribution is 7.86. The van der Waals surface area contributed by atoms with E-state index in [-0.39, 0.29) is 17.1 Å². The summed E-state index contributed by atoms with van der Waals surface area (Å²) in [5, 5.41) is 31.3. The molecule has 0 radical (unpaired) electrons. The van der Waals surface area contributed by atoms with Crippen LogP contribution in [0.25, 0.3) is 22.8 Å². The van der Waals surface area contributed by atoms with Crippen molar-refractivity contribution in [3.8, 4) is 22.8 Å². The molecule has 0 spiro atoms. The molecule has 3 aromatic carbocycles. The van der Waals surface area contributed by atoms with Gasteiger partial charge in [0.15, 0.2) is 0 Å². The molecule has 1 N–H and O–H groups in total. The van der Waals surface area contributed by atoms with Crippen LogP contribution < -0.4 is 4.80 Å². The first-order chi connectivity index (χ1) is 15.7. The van der Waals surface area contributed by atoms with Gasteiger partial charge in [-0.15, -0.1) is 0 Å². The molecule has 14 heteroatoms. The minimum atomic E-state index is -4.63. The highest BCUT2D eigenvalue weighted by atomic mass is 32.2. The quantitative estimate of drug-likeness (QED) is 0.192. The van der Waals surface area contributed by atoms with E-state index in [4.69, 9.17) is 0 Å². The number of nitro benzene ring substituents is 2. The van der Waals surface area contributed by atoms with Gasteiger partial charge in [-0.05, 0) is 34.2 Å². The Hall–Kier alpha value is -4.56. The second-order valence-corrected chi connectivity index (χ2v) is 7.99. The van der Waals surface area contributed by atoms with Crippen LogP contribution in [0.15, 0.2) is 77.7 Å². The Morgan fingerprint density at radius 1 is 0.909 bits per heavy atom. The largest absolute Gasteiger partial charge is 0.341 e. The molecule has 33 heavy (non-hydrogen) atoms. The Bertz CT molecular complexity index is 1500. The number of nitro groups is 2. The smallest absolute Gasteiger partial charge is 0.282 e. The molecule has 0 unspecified atom stereocenters. The predicted molar refractivity (Wildman–Crippen MR) is 111 cm³/mol. The maximum Gasteiger partial charge on any atom is 0.341 e. The molecule has 0 bridgehead atoms. The zero-order valence-electron chi connectivity index (χ0n) is 16.4. The minimum absolute atomic E-state index is 0.0482. The van der Waals surface area contributed by atoms with Gasteiger partial charge in [-0.3, -0.25) is 24.8 Å². The Kier molecular flexibility index (Phi) is 5.37. The molecule has 0 amide bonds. The molecule has 0 atom stereocenters. The fourth-order valence-electron chi connectivity index (χ4n) is 3.09. The van der Waals surface area contributed by atoms with Crippen LogP contribution in [0.5, 0.6) is 0 Å². The summed E-state index contributed by atoms with van der Waals surface area (Å²) in [6.07, 6.45) is 0. The van der Waals surface area contributed by atoms with E-state index in [2.05, 4.69) is 10.2 Å². The second kappa shape index (κ2) is 8.18. The Labute approximate surface area is 185 Å². The minimum Gasteiger partial charge on any atom is -0.282 e. The molecule has 0 aliphatic carbocycles. The molecular formula is C19H13N6O7S+. The number of hydrogen-bond donors (Lipinski definition) is 1. The van der Waals surface area contributed by atoms with Crippen LogP contribution in [0.3, 0.4) is 0 Å².